The number of aliphatic hydroxyl groups is 1. The van der Waals surface area contributed by atoms with E-state index in [0.29, 0.717) is 12.5 Å². The van der Waals surface area contributed by atoms with E-state index in [4.69, 9.17) is 5.11 Å². The summed E-state index contributed by atoms with van der Waals surface area (Å²) in [5.74, 6) is 0.440. The average Bonchev–Trinajstić information content (AvgIpc) is 1.38. The number of rotatable bonds is 1. The Kier molecular flexibility index (Phi) is 11.6. The van der Waals surface area contributed by atoms with Gasteiger partial charge in [-0.2, -0.15) is 0 Å². The predicted molar refractivity (Wildman–Crippen MR) is 23.0 cm³/mol. The molecule has 0 unspecified atom stereocenters. The van der Waals surface area contributed by atoms with E-state index < -0.39 is 0 Å². The maximum Gasteiger partial charge on any atom is 1.00 e. The zero-order chi connectivity index (χ0) is 4.28. The van der Waals surface area contributed by atoms with E-state index >= 15 is 0 Å². The average molecular weight is 114 g/mol. The molecule has 1 nitrogen and oxygen atoms in total. The maximum absolute atomic E-state index is 8.14. The van der Waals surface area contributed by atoms with E-state index in [9.17, 15) is 0 Å². The molecule has 0 aromatic rings. The van der Waals surface area contributed by atoms with Crippen molar-refractivity contribution in [1.82, 2.24) is 0 Å². The van der Waals surface area contributed by atoms with Crippen molar-refractivity contribution < 1.29 is 57.9 Å². The first-order valence-corrected chi connectivity index (χ1v) is 1.88. The molecule has 0 amide bonds. The van der Waals surface area contributed by atoms with Crippen LogP contribution >= 0.6 is 0 Å². The summed E-state index contributed by atoms with van der Waals surface area (Å²) in [5, 5.41) is 8.14. The fourth-order valence-corrected chi connectivity index (χ4v) is 0. The molecule has 0 aromatic carbocycles. The Balaban J connectivity index is -0.0000000800. The molecular weight excluding hydrogens is 103 g/mol. The molecule has 0 bridgehead atoms. The summed E-state index contributed by atoms with van der Waals surface area (Å²) in [6.45, 7) is 4.25. The Morgan fingerprint density at radius 1 is 1.67 bits per heavy atom. The summed E-state index contributed by atoms with van der Waals surface area (Å²) in [6, 6.07) is 0. The van der Waals surface area contributed by atoms with Crippen molar-refractivity contribution >= 4 is 0 Å². The molecule has 0 aliphatic rings. The van der Waals surface area contributed by atoms with E-state index in [1.54, 1.807) is 0 Å². The molecule has 6 heavy (non-hydrogen) atoms. The van der Waals surface area contributed by atoms with Crippen LogP contribution in [0.5, 0.6) is 0 Å². The van der Waals surface area contributed by atoms with Gasteiger partial charge in [0.15, 0.2) is 0 Å². The van der Waals surface area contributed by atoms with Gasteiger partial charge in [0.1, 0.15) is 0 Å². The standard InChI is InChI=1S/C4H10O.K.H/c1-4(2)3-5;;/h4-5H,3H2,1-2H3;;/q;+1;-1. The van der Waals surface area contributed by atoms with Gasteiger partial charge in [-0.25, -0.2) is 0 Å². The van der Waals surface area contributed by atoms with Crippen LogP contribution in [-0.4, -0.2) is 11.7 Å². The summed E-state index contributed by atoms with van der Waals surface area (Å²) in [4.78, 5) is 0. The van der Waals surface area contributed by atoms with Crippen LogP contribution in [0.2, 0.25) is 0 Å². The third-order valence-corrected chi connectivity index (χ3v) is 0.365. The van der Waals surface area contributed by atoms with E-state index in [-0.39, 0.29) is 52.8 Å². The second-order valence-electron chi connectivity index (χ2n) is 1.58. The van der Waals surface area contributed by atoms with Gasteiger partial charge in [0.2, 0.25) is 0 Å². The van der Waals surface area contributed by atoms with Crippen LogP contribution in [0, 0.1) is 5.92 Å². The molecule has 0 aliphatic heterocycles. The van der Waals surface area contributed by atoms with Gasteiger partial charge in [0, 0.05) is 6.61 Å². The molecular formula is C4H11KO. The van der Waals surface area contributed by atoms with Crippen LogP contribution in [0.1, 0.15) is 15.3 Å². The Hall–Kier alpha value is 1.60. The van der Waals surface area contributed by atoms with Gasteiger partial charge < -0.3 is 6.53 Å². The molecule has 0 atom stereocenters. The second-order valence-corrected chi connectivity index (χ2v) is 1.58. The number of hydrogen-bond acceptors (Lipinski definition) is 1. The van der Waals surface area contributed by atoms with Crippen molar-refractivity contribution in [3.05, 3.63) is 0 Å². The largest absolute Gasteiger partial charge is 1.00 e. The molecule has 0 saturated carbocycles. The molecule has 34 valence electrons. The quantitative estimate of drug-likeness (QED) is 0.382. The summed E-state index contributed by atoms with van der Waals surface area (Å²) in [7, 11) is 0. The van der Waals surface area contributed by atoms with Crippen molar-refractivity contribution in [3.8, 4) is 0 Å². The van der Waals surface area contributed by atoms with Gasteiger partial charge in [-0.05, 0) is 5.92 Å². The first kappa shape index (κ1) is 10.6. The minimum absolute atomic E-state index is 0. The van der Waals surface area contributed by atoms with E-state index in [1.807, 2.05) is 13.8 Å². The Bertz CT molecular complexity index is 25.7. The zero-order valence-corrected chi connectivity index (χ0v) is 7.85. The molecule has 0 fully saturated rings. The third-order valence-electron chi connectivity index (χ3n) is 0.365. The van der Waals surface area contributed by atoms with Crippen LogP contribution in [-0.2, 0) is 0 Å². The predicted octanol–water partition coefficient (Wildman–Crippen LogP) is -2.25. The monoisotopic (exact) mass is 114 g/mol. The van der Waals surface area contributed by atoms with Crippen molar-refractivity contribution in [1.29, 1.82) is 0 Å². The van der Waals surface area contributed by atoms with Crippen LogP contribution in [0.4, 0.5) is 0 Å². The smallest absolute Gasteiger partial charge is 1.00 e. The molecule has 1 N–H and O–H groups in total. The molecule has 0 rings (SSSR count). The van der Waals surface area contributed by atoms with E-state index in [2.05, 4.69) is 0 Å². The summed E-state index contributed by atoms with van der Waals surface area (Å²) in [5.41, 5.74) is 0. The minimum Gasteiger partial charge on any atom is -1.00 e. The van der Waals surface area contributed by atoms with Crippen LogP contribution in [0.15, 0.2) is 0 Å². The van der Waals surface area contributed by atoms with Crippen LogP contribution in [0.25, 0.3) is 0 Å². The van der Waals surface area contributed by atoms with Crippen LogP contribution < -0.4 is 51.4 Å². The Morgan fingerprint density at radius 3 is 1.83 bits per heavy atom. The second kappa shape index (κ2) is 6.60. The molecule has 0 spiro atoms. The molecule has 0 radical (unpaired) electrons. The molecule has 0 aliphatic carbocycles. The number of hydrogen-bond donors (Lipinski definition) is 1. The van der Waals surface area contributed by atoms with Gasteiger partial charge in [0.25, 0.3) is 0 Å². The fraction of sp³-hybridized carbons (Fsp3) is 1.00. The first-order valence-electron chi connectivity index (χ1n) is 1.88. The van der Waals surface area contributed by atoms with Gasteiger partial charge >= 0.3 is 51.4 Å². The Morgan fingerprint density at radius 2 is 1.83 bits per heavy atom. The van der Waals surface area contributed by atoms with E-state index in [0.717, 1.165) is 0 Å². The van der Waals surface area contributed by atoms with Crippen molar-refractivity contribution in [2.24, 2.45) is 5.92 Å². The van der Waals surface area contributed by atoms with Crippen molar-refractivity contribution in [3.63, 3.8) is 0 Å². The topological polar surface area (TPSA) is 20.2 Å². The molecule has 0 heterocycles. The first-order chi connectivity index (χ1) is 2.27. The summed E-state index contributed by atoms with van der Waals surface area (Å²) in [6.07, 6.45) is 0. The van der Waals surface area contributed by atoms with Gasteiger partial charge in [0.05, 0.1) is 0 Å². The van der Waals surface area contributed by atoms with E-state index in [1.165, 1.54) is 0 Å². The normalized spacial score (nSPS) is 8.00. The summed E-state index contributed by atoms with van der Waals surface area (Å²) >= 11 is 0. The maximum atomic E-state index is 8.14. The summed E-state index contributed by atoms with van der Waals surface area (Å²) < 4.78 is 0. The molecule has 0 aromatic heterocycles. The SMILES string of the molecule is CC(C)CO.[H-].[K+]. The van der Waals surface area contributed by atoms with Crippen LogP contribution in [0.3, 0.4) is 0 Å². The minimum atomic E-state index is 0. The van der Waals surface area contributed by atoms with Gasteiger partial charge in [-0.3, -0.25) is 0 Å². The van der Waals surface area contributed by atoms with Gasteiger partial charge in [-0.1, -0.05) is 13.8 Å². The third kappa shape index (κ3) is 9.14. The fourth-order valence-electron chi connectivity index (χ4n) is 0. The van der Waals surface area contributed by atoms with Gasteiger partial charge in [-0.15, -0.1) is 0 Å². The van der Waals surface area contributed by atoms with Crippen molar-refractivity contribution in [2.45, 2.75) is 13.8 Å². The van der Waals surface area contributed by atoms with Crippen molar-refractivity contribution in [2.75, 3.05) is 6.61 Å². The number of aliphatic hydroxyl groups excluding tert-OH is 1. The Labute approximate surface area is 83.0 Å². The zero-order valence-electron chi connectivity index (χ0n) is 5.73. The molecule has 0 saturated heterocycles. The molecule has 2 heteroatoms.